The fraction of sp³-hybridized carbons (Fsp3) is 0.300. The molecule has 1 fully saturated rings. The van der Waals surface area contributed by atoms with Crippen LogP contribution in [0.5, 0.6) is 0 Å². The molecule has 0 radical (unpaired) electrons. The Bertz CT molecular complexity index is 888. The van der Waals surface area contributed by atoms with Crippen molar-refractivity contribution in [2.75, 3.05) is 37.6 Å². The number of benzene rings is 2. The van der Waals surface area contributed by atoms with Gasteiger partial charge >= 0.3 is 0 Å². The monoisotopic (exact) mass is 401 g/mol. The van der Waals surface area contributed by atoms with Gasteiger partial charge in [0, 0.05) is 44.0 Å². The summed E-state index contributed by atoms with van der Waals surface area (Å²) >= 11 is 12.2. The van der Waals surface area contributed by atoms with E-state index in [0.29, 0.717) is 10.0 Å². The molecule has 5 nitrogen and oxygen atoms in total. The number of anilines is 1. The average Bonchev–Trinajstić information content (AvgIpc) is 3.18. The van der Waals surface area contributed by atoms with Crippen LogP contribution in [0, 0.1) is 0 Å². The van der Waals surface area contributed by atoms with Gasteiger partial charge in [0.15, 0.2) is 0 Å². The number of piperazine rings is 1. The van der Waals surface area contributed by atoms with Gasteiger partial charge in [-0.25, -0.2) is 4.68 Å². The predicted octanol–water partition coefficient (Wildman–Crippen LogP) is 4.07. The molecule has 0 saturated carbocycles. The maximum absolute atomic E-state index is 6.15. The van der Waals surface area contributed by atoms with Crippen molar-refractivity contribution in [1.82, 2.24) is 19.9 Å². The lowest BCUT2D eigenvalue weighted by Gasteiger charge is -2.36. The molecule has 1 aliphatic heterocycles. The zero-order valence-electron chi connectivity index (χ0n) is 14.9. The van der Waals surface area contributed by atoms with E-state index >= 15 is 0 Å². The average molecular weight is 402 g/mol. The topological polar surface area (TPSA) is 37.2 Å². The van der Waals surface area contributed by atoms with E-state index in [9.17, 15) is 0 Å². The first-order valence-electron chi connectivity index (χ1n) is 9.07. The van der Waals surface area contributed by atoms with Crippen LogP contribution in [0.3, 0.4) is 0 Å². The highest BCUT2D eigenvalue weighted by Crippen LogP contribution is 2.27. The molecule has 0 aliphatic carbocycles. The maximum atomic E-state index is 6.15. The van der Waals surface area contributed by atoms with Crippen molar-refractivity contribution in [1.29, 1.82) is 0 Å². The number of halogens is 2. The summed E-state index contributed by atoms with van der Waals surface area (Å²) in [6, 6.07) is 16.1. The zero-order valence-corrected chi connectivity index (χ0v) is 16.4. The molecule has 7 heteroatoms. The Labute approximate surface area is 169 Å². The van der Waals surface area contributed by atoms with Crippen LogP contribution >= 0.6 is 23.2 Å². The highest BCUT2D eigenvalue weighted by molar-refractivity contribution is 6.42. The van der Waals surface area contributed by atoms with Gasteiger partial charge < -0.3 is 4.90 Å². The first kappa shape index (κ1) is 18.3. The van der Waals surface area contributed by atoms with Crippen LogP contribution in [0.25, 0.3) is 11.3 Å². The van der Waals surface area contributed by atoms with Crippen LogP contribution < -0.4 is 4.90 Å². The first-order valence-corrected chi connectivity index (χ1v) is 9.82. The van der Waals surface area contributed by atoms with Crippen molar-refractivity contribution in [3.8, 4) is 11.3 Å². The van der Waals surface area contributed by atoms with Gasteiger partial charge in [0.2, 0.25) is 0 Å². The third-order valence-electron chi connectivity index (χ3n) is 4.96. The Morgan fingerprint density at radius 3 is 2.37 bits per heavy atom. The minimum absolute atomic E-state index is 0.598. The lowest BCUT2D eigenvalue weighted by molar-refractivity contribution is 0.244. The van der Waals surface area contributed by atoms with E-state index in [-0.39, 0.29) is 0 Å². The largest absolute Gasteiger partial charge is 0.369 e. The molecule has 0 amide bonds. The number of hydrogen-bond acceptors (Lipinski definition) is 4. The van der Waals surface area contributed by atoms with E-state index < -0.39 is 0 Å². The Kier molecular flexibility index (Phi) is 5.62. The lowest BCUT2D eigenvalue weighted by Crippen LogP contribution is -2.47. The molecule has 4 rings (SSSR count). The number of hydrogen-bond donors (Lipinski definition) is 0. The molecule has 0 unspecified atom stereocenters. The molecule has 140 valence electrons. The molecule has 2 heterocycles. The van der Waals surface area contributed by atoms with Crippen LogP contribution in [0.15, 0.2) is 54.7 Å². The SMILES string of the molecule is Clc1ccc(N2CCN(CCn3nncc3-c3ccccc3)CC2)cc1Cl. The van der Waals surface area contributed by atoms with E-state index in [1.165, 1.54) is 0 Å². The standard InChI is InChI=1S/C20H21Cl2N5/c21-18-7-6-17(14-19(18)22)26-11-8-25(9-12-26)10-13-27-20(15-23-24-27)16-4-2-1-3-5-16/h1-7,14-15H,8-13H2. The summed E-state index contributed by atoms with van der Waals surface area (Å²) in [5.41, 5.74) is 3.34. The molecule has 3 aromatic rings. The predicted molar refractivity (Wildman–Crippen MR) is 111 cm³/mol. The maximum Gasteiger partial charge on any atom is 0.0886 e. The Balaban J connectivity index is 1.33. The van der Waals surface area contributed by atoms with Crippen LogP contribution in [-0.2, 0) is 6.54 Å². The molecule has 1 aromatic heterocycles. The summed E-state index contributed by atoms with van der Waals surface area (Å²) in [6.45, 7) is 5.75. The molecule has 27 heavy (non-hydrogen) atoms. The summed E-state index contributed by atoms with van der Waals surface area (Å²) in [6.07, 6.45) is 1.83. The first-order chi connectivity index (χ1) is 13.2. The second-order valence-electron chi connectivity index (χ2n) is 6.64. The lowest BCUT2D eigenvalue weighted by atomic mass is 10.2. The van der Waals surface area contributed by atoms with Crippen molar-refractivity contribution in [2.45, 2.75) is 6.54 Å². The van der Waals surface area contributed by atoms with E-state index in [2.05, 4.69) is 32.2 Å². The molecule has 0 bridgehead atoms. The smallest absolute Gasteiger partial charge is 0.0886 e. The fourth-order valence-electron chi connectivity index (χ4n) is 3.40. The zero-order chi connectivity index (χ0) is 18.6. The van der Waals surface area contributed by atoms with Crippen molar-refractivity contribution >= 4 is 28.9 Å². The minimum atomic E-state index is 0.598. The Morgan fingerprint density at radius 2 is 1.63 bits per heavy atom. The molecular formula is C20H21Cl2N5. The van der Waals surface area contributed by atoms with E-state index in [4.69, 9.17) is 23.2 Å². The van der Waals surface area contributed by atoms with E-state index in [1.54, 1.807) is 0 Å². The molecule has 1 aliphatic rings. The van der Waals surface area contributed by atoms with Gasteiger partial charge in [-0.1, -0.05) is 58.7 Å². The normalized spacial score (nSPS) is 15.3. The third kappa shape index (κ3) is 4.26. The summed E-state index contributed by atoms with van der Waals surface area (Å²) in [4.78, 5) is 4.81. The van der Waals surface area contributed by atoms with Gasteiger partial charge in [0.1, 0.15) is 0 Å². The van der Waals surface area contributed by atoms with Crippen LogP contribution in [0.4, 0.5) is 5.69 Å². The molecule has 0 spiro atoms. The van der Waals surface area contributed by atoms with Crippen molar-refractivity contribution in [3.63, 3.8) is 0 Å². The quantitative estimate of drug-likeness (QED) is 0.645. The second-order valence-corrected chi connectivity index (χ2v) is 7.45. The summed E-state index contributed by atoms with van der Waals surface area (Å²) in [5.74, 6) is 0. The molecule has 1 saturated heterocycles. The number of nitrogens with zero attached hydrogens (tertiary/aromatic N) is 5. The summed E-state index contributed by atoms with van der Waals surface area (Å²) < 4.78 is 1.99. The van der Waals surface area contributed by atoms with Crippen LogP contribution in [0.1, 0.15) is 0 Å². The number of aromatic nitrogens is 3. The van der Waals surface area contributed by atoms with Crippen molar-refractivity contribution in [3.05, 3.63) is 64.8 Å². The second kappa shape index (κ2) is 8.30. The van der Waals surface area contributed by atoms with E-state index in [0.717, 1.165) is 56.2 Å². The van der Waals surface area contributed by atoms with Gasteiger partial charge in [0.25, 0.3) is 0 Å². The summed E-state index contributed by atoms with van der Waals surface area (Å²) in [7, 11) is 0. The van der Waals surface area contributed by atoms with Crippen molar-refractivity contribution < 1.29 is 0 Å². The van der Waals surface area contributed by atoms with Gasteiger partial charge in [-0.3, -0.25) is 4.90 Å². The Hall–Kier alpha value is -2.08. The Morgan fingerprint density at radius 1 is 0.852 bits per heavy atom. The van der Waals surface area contributed by atoms with Crippen molar-refractivity contribution in [2.24, 2.45) is 0 Å². The van der Waals surface area contributed by atoms with Gasteiger partial charge in [-0.2, -0.15) is 0 Å². The van der Waals surface area contributed by atoms with Gasteiger partial charge in [0.05, 0.1) is 28.5 Å². The van der Waals surface area contributed by atoms with E-state index in [1.807, 2.05) is 47.3 Å². The number of rotatable bonds is 5. The fourth-order valence-corrected chi connectivity index (χ4v) is 3.70. The third-order valence-corrected chi connectivity index (χ3v) is 5.69. The molecule has 2 aromatic carbocycles. The molecule has 0 atom stereocenters. The highest BCUT2D eigenvalue weighted by Gasteiger charge is 2.18. The molecular weight excluding hydrogens is 381 g/mol. The summed E-state index contributed by atoms with van der Waals surface area (Å²) in [5, 5.41) is 9.56. The van der Waals surface area contributed by atoms with Gasteiger partial charge in [-0.05, 0) is 18.2 Å². The minimum Gasteiger partial charge on any atom is -0.369 e. The van der Waals surface area contributed by atoms with Gasteiger partial charge in [-0.15, -0.1) is 5.10 Å². The van der Waals surface area contributed by atoms with Crippen LogP contribution in [0.2, 0.25) is 10.0 Å². The van der Waals surface area contributed by atoms with Crippen LogP contribution in [-0.4, -0.2) is 52.6 Å². The highest BCUT2D eigenvalue weighted by atomic mass is 35.5. The molecule has 0 N–H and O–H groups in total.